The monoisotopic (exact) mass is 488 g/mol. The SMILES string of the molecule is O=S(=O)(Nc1ccc(Cl)cc1Cl)c1ccc2c(c1)[C@H]1C=CC[C@H]1[C@@H](c1ccccc1F)N2. The molecule has 5 rings (SSSR count). The van der Waals surface area contributed by atoms with Crippen LogP contribution in [0.2, 0.25) is 10.0 Å². The van der Waals surface area contributed by atoms with Gasteiger partial charge in [-0.3, -0.25) is 4.72 Å². The van der Waals surface area contributed by atoms with Crippen molar-refractivity contribution in [2.45, 2.75) is 23.3 Å². The molecule has 0 fully saturated rings. The van der Waals surface area contributed by atoms with E-state index < -0.39 is 10.0 Å². The number of allylic oxidation sites excluding steroid dienone is 2. The van der Waals surface area contributed by atoms with E-state index >= 15 is 0 Å². The van der Waals surface area contributed by atoms with Crippen molar-refractivity contribution < 1.29 is 12.8 Å². The molecule has 8 heteroatoms. The zero-order valence-corrected chi connectivity index (χ0v) is 19.1. The van der Waals surface area contributed by atoms with E-state index in [9.17, 15) is 12.8 Å². The number of anilines is 2. The van der Waals surface area contributed by atoms with Gasteiger partial charge in [-0.2, -0.15) is 0 Å². The highest BCUT2D eigenvalue weighted by Crippen LogP contribution is 2.50. The third-order valence-corrected chi connectivity index (χ3v) is 7.97. The molecule has 2 N–H and O–H groups in total. The standard InChI is InChI=1S/C24H19Cl2FN2O2S/c25-14-8-10-23(20(26)12-14)29-32(30,31)15-9-11-22-19(13-15)16-5-3-6-17(16)24(28-22)18-4-1-2-7-21(18)27/h1-5,7-13,16-17,24,28-29H,6H2/t16-,17+,24-/m0/s1. The Morgan fingerprint density at radius 2 is 1.81 bits per heavy atom. The maximum Gasteiger partial charge on any atom is 0.261 e. The first-order chi connectivity index (χ1) is 15.3. The highest BCUT2D eigenvalue weighted by molar-refractivity contribution is 7.92. The van der Waals surface area contributed by atoms with Crippen molar-refractivity contribution in [3.05, 3.63) is 99.8 Å². The largest absolute Gasteiger partial charge is 0.378 e. The van der Waals surface area contributed by atoms with Gasteiger partial charge in [-0.1, -0.05) is 53.6 Å². The fourth-order valence-corrected chi connectivity index (χ4v) is 6.18. The van der Waals surface area contributed by atoms with Crippen LogP contribution >= 0.6 is 23.2 Å². The summed E-state index contributed by atoms with van der Waals surface area (Å²) in [6.45, 7) is 0. The van der Waals surface area contributed by atoms with Crippen LogP contribution in [0, 0.1) is 11.7 Å². The minimum atomic E-state index is -3.87. The van der Waals surface area contributed by atoms with E-state index in [1.165, 1.54) is 24.3 Å². The van der Waals surface area contributed by atoms with Crippen molar-refractivity contribution in [1.82, 2.24) is 0 Å². The van der Waals surface area contributed by atoms with Gasteiger partial charge < -0.3 is 5.32 Å². The Bertz CT molecular complexity index is 1340. The van der Waals surface area contributed by atoms with Gasteiger partial charge >= 0.3 is 0 Å². The molecule has 2 aliphatic rings. The normalized spacial score (nSPS) is 21.5. The van der Waals surface area contributed by atoms with Crippen molar-refractivity contribution in [3.8, 4) is 0 Å². The van der Waals surface area contributed by atoms with Gasteiger partial charge in [-0.05, 0) is 60.4 Å². The first-order valence-electron chi connectivity index (χ1n) is 10.1. The summed E-state index contributed by atoms with van der Waals surface area (Å²) in [5, 5.41) is 4.07. The van der Waals surface area contributed by atoms with Gasteiger partial charge in [-0.15, -0.1) is 0 Å². The predicted octanol–water partition coefficient (Wildman–Crippen LogP) is 6.76. The summed E-state index contributed by atoms with van der Waals surface area (Å²) in [4.78, 5) is 0.132. The highest BCUT2D eigenvalue weighted by Gasteiger charge is 2.39. The first kappa shape index (κ1) is 21.3. The van der Waals surface area contributed by atoms with E-state index in [2.05, 4.69) is 22.2 Å². The third-order valence-electron chi connectivity index (χ3n) is 6.06. The number of fused-ring (bicyclic) bond motifs is 3. The second-order valence-electron chi connectivity index (χ2n) is 7.98. The molecule has 0 radical (unpaired) electrons. The smallest absolute Gasteiger partial charge is 0.261 e. The maximum atomic E-state index is 14.5. The van der Waals surface area contributed by atoms with Crippen LogP contribution in [0.5, 0.6) is 0 Å². The molecule has 32 heavy (non-hydrogen) atoms. The van der Waals surface area contributed by atoms with E-state index in [0.29, 0.717) is 10.6 Å². The molecular weight excluding hydrogens is 470 g/mol. The van der Waals surface area contributed by atoms with Crippen molar-refractivity contribution in [2.75, 3.05) is 10.0 Å². The van der Waals surface area contributed by atoms with Gasteiger partial charge in [0.05, 0.1) is 21.6 Å². The lowest BCUT2D eigenvalue weighted by molar-refractivity contribution is 0.413. The Kier molecular flexibility index (Phi) is 5.40. The zero-order chi connectivity index (χ0) is 22.5. The van der Waals surface area contributed by atoms with Crippen LogP contribution in [-0.4, -0.2) is 8.42 Å². The Labute approximate surface area is 196 Å². The van der Waals surface area contributed by atoms with E-state index in [1.54, 1.807) is 30.3 Å². The van der Waals surface area contributed by atoms with Gasteiger partial charge in [0.25, 0.3) is 10.0 Å². The predicted molar refractivity (Wildman–Crippen MR) is 126 cm³/mol. The molecule has 1 aliphatic heterocycles. The average Bonchev–Trinajstić information content (AvgIpc) is 3.26. The lowest BCUT2D eigenvalue weighted by atomic mass is 9.77. The molecule has 0 saturated carbocycles. The minimum absolute atomic E-state index is 0.00914. The molecule has 0 bridgehead atoms. The van der Waals surface area contributed by atoms with Crippen LogP contribution in [0.15, 0.2) is 77.7 Å². The quantitative estimate of drug-likeness (QED) is 0.398. The van der Waals surface area contributed by atoms with Gasteiger partial charge in [0.1, 0.15) is 5.82 Å². The molecule has 3 aromatic rings. The summed E-state index contributed by atoms with van der Waals surface area (Å²) in [5.41, 5.74) is 2.55. The average molecular weight is 489 g/mol. The van der Waals surface area contributed by atoms with Crippen molar-refractivity contribution >= 4 is 44.6 Å². The molecule has 0 amide bonds. The lowest BCUT2D eigenvalue weighted by Gasteiger charge is -2.37. The molecule has 0 saturated heterocycles. The fraction of sp³-hybridized carbons (Fsp3) is 0.167. The number of sulfonamides is 1. The van der Waals surface area contributed by atoms with Crippen LogP contribution in [0.3, 0.4) is 0 Å². The van der Waals surface area contributed by atoms with Crippen LogP contribution in [-0.2, 0) is 10.0 Å². The molecule has 3 aromatic carbocycles. The van der Waals surface area contributed by atoms with Gasteiger partial charge in [0, 0.05) is 22.2 Å². The second kappa shape index (κ2) is 8.10. The molecule has 3 atom stereocenters. The summed E-state index contributed by atoms with van der Waals surface area (Å²) in [6.07, 6.45) is 4.94. The lowest BCUT2D eigenvalue weighted by Crippen LogP contribution is -2.30. The highest BCUT2D eigenvalue weighted by atomic mass is 35.5. The molecular formula is C24H19Cl2FN2O2S. The van der Waals surface area contributed by atoms with Gasteiger partial charge in [0.2, 0.25) is 0 Å². The molecule has 0 unspecified atom stereocenters. The Balaban J connectivity index is 1.50. The number of rotatable bonds is 4. The number of halogens is 3. The third kappa shape index (κ3) is 3.76. The van der Waals surface area contributed by atoms with Crippen LogP contribution in [0.4, 0.5) is 15.8 Å². The van der Waals surface area contributed by atoms with Crippen molar-refractivity contribution in [3.63, 3.8) is 0 Å². The second-order valence-corrected chi connectivity index (χ2v) is 10.5. The number of hydrogen-bond acceptors (Lipinski definition) is 3. The topological polar surface area (TPSA) is 58.2 Å². The zero-order valence-electron chi connectivity index (χ0n) is 16.7. The summed E-state index contributed by atoms with van der Waals surface area (Å²) in [5.74, 6) is -0.163. The summed E-state index contributed by atoms with van der Waals surface area (Å²) in [7, 11) is -3.87. The fourth-order valence-electron chi connectivity index (χ4n) is 4.55. The van der Waals surface area contributed by atoms with Crippen LogP contribution in [0.25, 0.3) is 0 Å². The van der Waals surface area contributed by atoms with E-state index in [4.69, 9.17) is 23.2 Å². The number of hydrogen-bond donors (Lipinski definition) is 2. The van der Waals surface area contributed by atoms with E-state index in [-0.39, 0.29) is 39.3 Å². The van der Waals surface area contributed by atoms with Gasteiger partial charge in [-0.25, -0.2) is 12.8 Å². The molecule has 0 spiro atoms. The number of nitrogens with one attached hydrogen (secondary N) is 2. The molecule has 1 heterocycles. The molecule has 0 aromatic heterocycles. The Morgan fingerprint density at radius 1 is 1.00 bits per heavy atom. The van der Waals surface area contributed by atoms with Gasteiger partial charge in [0.15, 0.2) is 0 Å². The van der Waals surface area contributed by atoms with Crippen LogP contribution < -0.4 is 10.0 Å². The Hall–Kier alpha value is -2.54. The van der Waals surface area contributed by atoms with E-state index in [1.807, 2.05) is 6.07 Å². The summed E-state index contributed by atoms with van der Waals surface area (Å²) in [6, 6.07) is 16.1. The first-order valence-corrected chi connectivity index (χ1v) is 12.4. The number of benzene rings is 3. The maximum absolute atomic E-state index is 14.5. The summed E-state index contributed by atoms with van der Waals surface area (Å²) >= 11 is 12.0. The van der Waals surface area contributed by atoms with Crippen molar-refractivity contribution in [2.24, 2.45) is 5.92 Å². The minimum Gasteiger partial charge on any atom is -0.378 e. The van der Waals surface area contributed by atoms with E-state index in [0.717, 1.165) is 17.7 Å². The molecule has 164 valence electrons. The van der Waals surface area contributed by atoms with Crippen molar-refractivity contribution in [1.29, 1.82) is 0 Å². The summed E-state index contributed by atoms with van der Waals surface area (Å²) < 4.78 is 43.2. The molecule has 1 aliphatic carbocycles. The Morgan fingerprint density at radius 3 is 2.59 bits per heavy atom. The molecule has 4 nitrogen and oxygen atoms in total. The van der Waals surface area contributed by atoms with Crippen LogP contribution in [0.1, 0.15) is 29.5 Å².